The van der Waals surface area contributed by atoms with Crippen LogP contribution in [0.3, 0.4) is 0 Å². The molecular formula is C14H22N4O2. The average Bonchev–Trinajstić information content (AvgIpc) is 2.97. The lowest BCUT2D eigenvalue weighted by atomic mass is 10.0. The highest BCUT2D eigenvalue weighted by Gasteiger charge is 2.39. The van der Waals surface area contributed by atoms with Crippen molar-refractivity contribution in [3.05, 3.63) is 23.7 Å². The minimum atomic E-state index is -0.0165. The number of hydrogen-bond donors (Lipinski definition) is 2. The van der Waals surface area contributed by atoms with Gasteiger partial charge in [0.2, 0.25) is 0 Å². The maximum Gasteiger partial charge on any atom is 0.317 e. The van der Waals surface area contributed by atoms with Gasteiger partial charge in [-0.2, -0.15) is 0 Å². The zero-order valence-corrected chi connectivity index (χ0v) is 12.0. The molecule has 0 bridgehead atoms. The van der Waals surface area contributed by atoms with Gasteiger partial charge in [0.15, 0.2) is 0 Å². The second-order valence-electron chi connectivity index (χ2n) is 5.78. The Kier molecular flexibility index (Phi) is 3.43. The fourth-order valence-electron chi connectivity index (χ4n) is 3.26. The molecule has 0 spiro atoms. The summed E-state index contributed by atoms with van der Waals surface area (Å²) in [6.45, 7) is 7.09. The number of urea groups is 1. The molecule has 3 unspecified atom stereocenters. The Morgan fingerprint density at radius 2 is 2.25 bits per heavy atom. The van der Waals surface area contributed by atoms with Crippen LogP contribution < -0.4 is 11.1 Å². The van der Waals surface area contributed by atoms with Crippen LogP contribution in [0.1, 0.15) is 24.5 Å². The minimum absolute atomic E-state index is 0.0165. The lowest BCUT2D eigenvalue weighted by Gasteiger charge is -2.41. The van der Waals surface area contributed by atoms with Gasteiger partial charge in [0.1, 0.15) is 11.5 Å². The van der Waals surface area contributed by atoms with E-state index < -0.39 is 0 Å². The van der Waals surface area contributed by atoms with Gasteiger partial charge in [-0.05, 0) is 26.0 Å². The number of fused-ring (bicyclic) bond motifs is 1. The van der Waals surface area contributed by atoms with Gasteiger partial charge in [-0.25, -0.2) is 4.79 Å². The zero-order valence-electron chi connectivity index (χ0n) is 12.0. The van der Waals surface area contributed by atoms with Crippen molar-refractivity contribution >= 4 is 6.03 Å². The summed E-state index contributed by atoms with van der Waals surface area (Å²) in [4.78, 5) is 15.9. The van der Waals surface area contributed by atoms with Crippen molar-refractivity contribution in [2.45, 2.75) is 32.0 Å². The normalized spacial score (nSPS) is 26.2. The largest absolute Gasteiger partial charge is 0.465 e. The number of nitrogens with zero attached hydrogens (tertiary/aromatic N) is 2. The number of carbonyl (C=O) groups is 1. The average molecular weight is 278 g/mol. The van der Waals surface area contributed by atoms with E-state index in [4.69, 9.17) is 10.2 Å². The number of carbonyl (C=O) groups excluding carboxylic acids is 1. The van der Waals surface area contributed by atoms with E-state index in [1.165, 1.54) is 0 Å². The van der Waals surface area contributed by atoms with E-state index in [0.29, 0.717) is 0 Å². The molecule has 20 heavy (non-hydrogen) atoms. The predicted octanol–water partition coefficient (Wildman–Crippen LogP) is 0.686. The summed E-state index contributed by atoms with van der Waals surface area (Å²) in [6, 6.07) is 4.34. The number of piperazine rings is 1. The van der Waals surface area contributed by atoms with Crippen LogP contribution >= 0.6 is 0 Å². The molecule has 1 aromatic heterocycles. The molecule has 2 aliphatic heterocycles. The number of nitrogens with one attached hydrogen (secondary N) is 1. The molecule has 0 radical (unpaired) electrons. The molecule has 110 valence electrons. The molecule has 0 saturated carbocycles. The monoisotopic (exact) mass is 278 g/mol. The number of aryl methyl sites for hydroxylation is 1. The molecule has 2 amide bonds. The minimum Gasteiger partial charge on any atom is -0.465 e. The van der Waals surface area contributed by atoms with Crippen LogP contribution in [0.15, 0.2) is 16.5 Å². The van der Waals surface area contributed by atoms with Gasteiger partial charge >= 0.3 is 6.03 Å². The Hall–Kier alpha value is -1.53. The third-order valence-corrected chi connectivity index (χ3v) is 4.21. The smallest absolute Gasteiger partial charge is 0.317 e. The highest BCUT2D eigenvalue weighted by Crippen LogP contribution is 2.28. The number of rotatable bonds is 3. The topological polar surface area (TPSA) is 74.7 Å². The summed E-state index contributed by atoms with van der Waals surface area (Å²) in [7, 11) is 0. The van der Waals surface area contributed by atoms with Crippen molar-refractivity contribution in [3.8, 4) is 0 Å². The summed E-state index contributed by atoms with van der Waals surface area (Å²) in [5, 5.41) is 2.90. The first-order valence-corrected chi connectivity index (χ1v) is 7.16. The van der Waals surface area contributed by atoms with Crippen LogP contribution in [-0.4, -0.2) is 54.1 Å². The number of furan rings is 1. The van der Waals surface area contributed by atoms with E-state index in [9.17, 15) is 4.79 Å². The van der Waals surface area contributed by atoms with E-state index >= 15 is 0 Å². The third-order valence-electron chi connectivity index (χ3n) is 4.21. The molecule has 0 aliphatic carbocycles. The second kappa shape index (κ2) is 5.10. The van der Waals surface area contributed by atoms with Gasteiger partial charge in [-0.3, -0.25) is 4.90 Å². The van der Waals surface area contributed by atoms with Crippen molar-refractivity contribution < 1.29 is 9.21 Å². The summed E-state index contributed by atoms with van der Waals surface area (Å²) in [5.74, 6) is 1.82. The summed E-state index contributed by atoms with van der Waals surface area (Å²) < 4.78 is 5.77. The van der Waals surface area contributed by atoms with Gasteiger partial charge < -0.3 is 20.4 Å². The Morgan fingerprint density at radius 3 is 2.90 bits per heavy atom. The molecule has 6 nitrogen and oxygen atoms in total. The Morgan fingerprint density at radius 1 is 1.45 bits per heavy atom. The first-order valence-electron chi connectivity index (χ1n) is 7.16. The van der Waals surface area contributed by atoms with Crippen molar-refractivity contribution in [2.75, 3.05) is 26.2 Å². The quantitative estimate of drug-likeness (QED) is 0.853. The van der Waals surface area contributed by atoms with E-state index in [1.54, 1.807) is 0 Å². The summed E-state index contributed by atoms with van der Waals surface area (Å²) >= 11 is 0. The molecule has 2 fully saturated rings. The van der Waals surface area contributed by atoms with E-state index in [1.807, 2.05) is 30.9 Å². The summed E-state index contributed by atoms with van der Waals surface area (Å²) in [6.07, 6.45) is 0. The van der Waals surface area contributed by atoms with Gasteiger partial charge in [0.05, 0.1) is 12.1 Å². The van der Waals surface area contributed by atoms with Crippen molar-refractivity contribution in [1.29, 1.82) is 0 Å². The molecule has 3 N–H and O–H groups in total. The molecule has 1 aromatic rings. The highest BCUT2D eigenvalue weighted by molar-refractivity contribution is 5.77. The van der Waals surface area contributed by atoms with E-state index in [0.717, 1.165) is 37.7 Å². The Bertz CT molecular complexity index is 499. The van der Waals surface area contributed by atoms with Crippen LogP contribution in [0.25, 0.3) is 0 Å². The molecule has 6 heteroatoms. The Labute approximate surface area is 118 Å². The molecule has 2 aliphatic rings. The van der Waals surface area contributed by atoms with Gasteiger partial charge in [-0.1, -0.05) is 0 Å². The molecular weight excluding hydrogens is 256 g/mol. The molecule has 0 aromatic carbocycles. The summed E-state index contributed by atoms with van der Waals surface area (Å²) in [5.41, 5.74) is 6.18. The molecule has 2 saturated heterocycles. The second-order valence-corrected chi connectivity index (χ2v) is 5.78. The van der Waals surface area contributed by atoms with Gasteiger partial charge in [-0.15, -0.1) is 0 Å². The van der Waals surface area contributed by atoms with Crippen LogP contribution in [0.5, 0.6) is 0 Å². The Balaban J connectivity index is 1.78. The van der Waals surface area contributed by atoms with Crippen LogP contribution in [-0.2, 0) is 0 Å². The lowest BCUT2D eigenvalue weighted by molar-refractivity contribution is 0.0701. The highest BCUT2D eigenvalue weighted by atomic mass is 16.3. The van der Waals surface area contributed by atoms with Crippen LogP contribution in [0.2, 0.25) is 0 Å². The van der Waals surface area contributed by atoms with Gasteiger partial charge in [0.25, 0.3) is 0 Å². The SMILES string of the molecule is Cc1ccc(C(C(C)N)N2CCN3C(=O)NCC3C2)o1. The van der Waals surface area contributed by atoms with Crippen LogP contribution in [0, 0.1) is 6.92 Å². The first-order chi connectivity index (χ1) is 9.56. The third kappa shape index (κ3) is 2.29. The lowest BCUT2D eigenvalue weighted by Crippen LogP contribution is -2.55. The number of hydrogen-bond acceptors (Lipinski definition) is 4. The van der Waals surface area contributed by atoms with Crippen LogP contribution in [0.4, 0.5) is 4.79 Å². The molecule has 3 atom stereocenters. The standard InChI is InChI=1S/C14H22N4O2/c1-9-3-4-12(20-9)13(10(2)15)17-5-6-18-11(8-17)7-16-14(18)19/h3-4,10-11,13H,5-8,15H2,1-2H3,(H,16,19). The molecule has 3 rings (SSSR count). The molecule has 3 heterocycles. The fourth-order valence-corrected chi connectivity index (χ4v) is 3.26. The van der Waals surface area contributed by atoms with E-state index in [2.05, 4.69) is 10.2 Å². The predicted molar refractivity (Wildman–Crippen MR) is 75.3 cm³/mol. The van der Waals surface area contributed by atoms with Crippen molar-refractivity contribution in [1.82, 2.24) is 15.1 Å². The van der Waals surface area contributed by atoms with Crippen molar-refractivity contribution in [2.24, 2.45) is 5.73 Å². The van der Waals surface area contributed by atoms with E-state index in [-0.39, 0.29) is 24.2 Å². The first kappa shape index (κ1) is 13.5. The zero-order chi connectivity index (χ0) is 14.3. The number of nitrogens with two attached hydrogens (primary N) is 1. The van der Waals surface area contributed by atoms with Crippen molar-refractivity contribution in [3.63, 3.8) is 0 Å². The number of amides is 2. The maximum absolute atomic E-state index is 11.6. The van der Waals surface area contributed by atoms with Gasteiger partial charge in [0, 0.05) is 32.2 Å². The maximum atomic E-state index is 11.6. The fraction of sp³-hybridized carbons (Fsp3) is 0.643.